The molecule has 0 radical (unpaired) electrons. The van der Waals surface area contributed by atoms with Crippen LogP contribution in [0.25, 0.3) is 0 Å². The molecule has 1 aromatic carbocycles. The van der Waals surface area contributed by atoms with E-state index in [-0.39, 0.29) is 6.54 Å². The van der Waals surface area contributed by atoms with Crippen LogP contribution in [0.1, 0.15) is 121 Å². The van der Waals surface area contributed by atoms with Crippen LogP contribution in [0.3, 0.4) is 0 Å². The Morgan fingerprint density at radius 3 is 1.75 bits per heavy atom. The van der Waals surface area contributed by atoms with Gasteiger partial charge >= 0.3 is 0 Å². The van der Waals surface area contributed by atoms with Crippen LogP contribution < -0.4 is 9.30 Å². The normalized spacial score (nSPS) is 11.8. The molecular formula is C33H54ClN2O3S+. The van der Waals surface area contributed by atoms with E-state index in [4.69, 9.17) is 16.3 Å². The molecule has 0 spiro atoms. The van der Waals surface area contributed by atoms with Gasteiger partial charge < -0.3 is 4.74 Å². The van der Waals surface area contributed by atoms with Crippen LogP contribution in [-0.4, -0.2) is 25.6 Å². The second kappa shape index (κ2) is 20.3. The number of pyridine rings is 1. The maximum atomic E-state index is 12.5. The molecule has 0 aliphatic carbocycles. The minimum Gasteiger partial charge on any atom is -0.492 e. The van der Waals surface area contributed by atoms with Crippen LogP contribution in [0.2, 0.25) is 5.02 Å². The highest BCUT2D eigenvalue weighted by atomic mass is 35.5. The second-order valence-corrected chi connectivity index (χ2v) is 13.6. The van der Waals surface area contributed by atoms with Crippen LogP contribution in [0.4, 0.5) is 0 Å². The van der Waals surface area contributed by atoms with E-state index >= 15 is 0 Å². The molecule has 226 valence electrons. The van der Waals surface area contributed by atoms with Crippen LogP contribution in [-0.2, 0) is 29.7 Å². The molecule has 5 nitrogen and oxygen atoms in total. The Labute approximate surface area is 250 Å². The van der Waals surface area contributed by atoms with Crippen molar-refractivity contribution in [3.05, 3.63) is 58.9 Å². The van der Waals surface area contributed by atoms with E-state index in [0.29, 0.717) is 23.9 Å². The molecule has 0 amide bonds. The summed E-state index contributed by atoms with van der Waals surface area (Å²) >= 11 is 6.50. The number of nitrogens with zero attached hydrogens (tertiary/aromatic N) is 2. The van der Waals surface area contributed by atoms with Crippen LogP contribution in [0, 0.1) is 0 Å². The van der Waals surface area contributed by atoms with Crippen molar-refractivity contribution in [2.24, 2.45) is 0 Å². The van der Waals surface area contributed by atoms with Crippen LogP contribution in [0.5, 0.6) is 5.75 Å². The van der Waals surface area contributed by atoms with Crippen molar-refractivity contribution in [2.75, 3.05) is 12.9 Å². The Morgan fingerprint density at radius 2 is 1.25 bits per heavy atom. The van der Waals surface area contributed by atoms with Crippen molar-refractivity contribution in [3.8, 4) is 5.75 Å². The van der Waals surface area contributed by atoms with Gasteiger partial charge in [-0.05, 0) is 29.7 Å². The van der Waals surface area contributed by atoms with E-state index < -0.39 is 10.0 Å². The number of hydrogen-bond donors (Lipinski definition) is 0. The third-order valence-electron chi connectivity index (χ3n) is 7.38. The first-order chi connectivity index (χ1) is 19.3. The minimum absolute atomic E-state index is 0.266. The quantitative estimate of drug-likeness (QED) is 0.0955. The van der Waals surface area contributed by atoms with Gasteiger partial charge in [0.15, 0.2) is 12.4 Å². The van der Waals surface area contributed by atoms with Gasteiger partial charge in [0.05, 0.1) is 17.9 Å². The Balaban J connectivity index is 1.65. The molecule has 1 heterocycles. The highest BCUT2D eigenvalue weighted by molar-refractivity contribution is 7.88. The van der Waals surface area contributed by atoms with Crippen molar-refractivity contribution in [1.82, 2.24) is 4.31 Å². The van der Waals surface area contributed by atoms with Gasteiger partial charge in [0, 0.05) is 31.6 Å². The van der Waals surface area contributed by atoms with E-state index in [1.54, 1.807) is 0 Å². The summed E-state index contributed by atoms with van der Waals surface area (Å²) in [5.74, 6) is 0.662. The van der Waals surface area contributed by atoms with Crippen molar-refractivity contribution in [1.29, 1.82) is 0 Å². The maximum Gasteiger partial charge on any atom is 0.211 e. The molecule has 40 heavy (non-hydrogen) atoms. The molecule has 0 bridgehead atoms. The number of benzene rings is 1. The molecule has 0 atom stereocenters. The molecule has 0 aliphatic heterocycles. The average molecular weight is 594 g/mol. The SMILES string of the molecule is CCCCCCCCCCCCCCCCOc1ccc(CN(Cc2cc[n+](CCC)cc2)S(C)(=O)=O)cc1Cl. The molecule has 2 aromatic rings. The molecule has 0 saturated carbocycles. The van der Waals surface area contributed by atoms with E-state index in [0.717, 1.165) is 30.5 Å². The Morgan fingerprint density at radius 1 is 0.725 bits per heavy atom. The topological polar surface area (TPSA) is 50.5 Å². The lowest BCUT2D eigenvalue weighted by molar-refractivity contribution is -0.697. The smallest absolute Gasteiger partial charge is 0.211 e. The summed E-state index contributed by atoms with van der Waals surface area (Å²) in [5, 5.41) is 0.525. The van der Waals surface area contributed by atoms with E-state index in [1.807, 2.05) is 42.7 Å². The molecule has 7 heteroatoms. The summed E-state index contributed by atoms with van der Waals surface area (Å²) in [5.41, 5.74) is 1.80. The standard InChI is InChI=1S/C33H54ClN2O3S/c1-4-6-7-8-9-10-11-12-13-14-15-16-17-18-26-39-33-20-19-31(27-32(33)34)29-36(40(3,37)38)28-30-21-24-35(23-5-2)25-22-30/h19-22,24-25,27H,4-18,23,26,28-29H2,1-3H3/q+1. The Hall–Kier alpha value is -1.63. The molecule has 0 fully saturated rings. The number of halogens is 1. The maximum absolute atomic E-state index is 12.5. The highest BCUT2D eigenvalue weighted by Gasteiger charge is 2.19. The lowest BCUT2D eigenvalue weighted by Gasteiger charge is -2.20. The van der Waals surface area contributed by atoms with Crippen molar-refractivity contribution >= 4 is 21.6 Å². The fourth-order valence-electron chi connectivity index (χ4n) is 4.94. The lowest BCUT2D eigenvalue weighted by atomic mass is 10.0. The Kier molecular flexibility index (Phi) is 17.5. The zero-order chi connectivity index (χ0) is 29.1. The molecule has 0 aliphatic rings. The first-order valence-electron chi connectivity index (χ1n) is 15.7. The van der Waals surface area contributed by atoms with E-state index in [1.165, 1.54) is 94.0 Å². The van der Waals surface area contributed by atoms with Gasteiger partial charge in [0.25, 0.3) is 0 Å². The molecular weight excluding hydrogens is 540 g/mol. The summed E-state index contributed by atoms with van der Waals surface area (Å²) in [4.78, 5) is 0. The first-order valence-corrected chi connectivity index (χ1v) is 17.9. The number of aryl methyl sites for hydroxylation is 1. The number of aromatic nitrogens is 1. The summed E-state index contributed by atoms with van der Waals surface area (Å²) in [6.07, 6.45) is 25.0. The lowest BCUT2D eigenvalue weighted by Crippen LogP contribution is -2.33. The molecule has 0 saturated heterocycles. The summed E-state index contributed by atoms with van der Waals surface area (Å²) in [7, 11) is -3.39. The average Bonchev–Trinajstić information content (AvgIpc) is 2.92. The minimum atomic E-state index is -3.39. The zero-order valence-electron chi connectivity index (χ0n) is 25.4. The van der Waals surface area contributed by atoms with E-state index in [9.17, 15) is 8.42 Å². The summed E-state index contributed by atoms with van der Waals surface area (Å²) in [6, 6.07) is 9.55. The van der Waals surface area contributed by atoms with Gasteiger partial charge in [-0.3, -0.25) is 0 Å². The molecule has 0 N–H and O–H groups in total. The van der Waals surface area contributed by atoms with E-state index in [2.05, 4.69) is 18.4 Å². The number of hydrogen-bond acceptors (Lipinski definition) is 3. The fourth-order valence-corrected chi connectivity index (χ4v) is 5.96. The summed E-state index contributed by atoms with van der Waals surface area (Å²) < 4.78 is 34.5. The van der Waals surface area contributed by atoms with Gasteiger partial charge in [-0.15, -0.1) is 0 Å². The van der Waals surface area contributed by atoms with Crippen molar-refractivity contribution < 1.29 is 17.7 Å². The van der Waals surface area contributed by atoms with Gasteiger partial charge in [-0.2, -0.15) is 4.31 Å². The second-order valence-electron chi connectivity index (χ2n) is 11.2. The zero-order valence-corrected chi connectivity index (χ0v) is 27.0. The largest absolute Gasteiger partial charge is 0.492 e. The first kappa shape index (κ1) is 34.6. The number of ether oxygens (including phenoxy) is 1. The van der Waals surface area contributed by atoms with Gasteiger partial charge in [0.2, 0.25) is 10.0 Å². The highest BCUT2D eigenvalue weighted by Crippen LogP contribution is 2.27. The Bertz CT molecular complexity index is 1040. The van der Waals surface area contributed by atoms with Crippen molar-refractivity contribution in [3.63, 3.8) is 0 Å². The fraction of sp³-hybridized carbons (Fsp3) is 0.667. The molecule has 0 unspecified atom stereocenters. The third kappa shape index (κ3) is 14.8. The van der Waals surface area contributed by atoms with Crippen LogP contribution in [0.15, 0.2) is 42.7 Å². The third-order valence-corrected chi connectivity index (χ3v) is 8.87. The summed E-state index contributed by atoms with van der Waals surface area (Å²) in [6.45, 7) is 6.59. The van der Waals surface area contributed by atoms with Crippen LogP contribution >= 0.6 is 11.6 Å². The van der Waals surface area contributed by atoms with Crippen molar-refractivity contribution in [2.45, 2.75) is 130 Å². The predicted molar refractivity (Wildman–Crippen MR) is 168 cm³/mol. The predicted octanol–water partition coefficient (Wildman–Crippen LogP) is 8.86. The van der Waals surface area contributed by atoms with Gasteiger partial charge in [0.1, 0.15) is 12.3 Å². The number of rotatable bonds is 23. The van der Waals surface area contributed by atoms with Gasteiger partial charge in [-0.25, -0.2) is 13.0 Å². The number of unbranched alkanes of at least 4 members (excludes halogenated alkanes) is 13. The molecule has 2 rings (SSSR count). The number of sulfonamides is 1. The van der Waals surface area contributed by atoms with Gasteiger partial charge in [-0.1, -0.05) is 115 Å². The monoisotopic (exact) mass is 593 g/mol. The molecule has 1 aromatic heterocycles.